The first kappa shape index (κ1) is 25.6. The Kier molecular flexibility index (Phi) is 9.08. The van der Waals surface area contributed by atoms with E-state index in [-0.39, 0.29) is 17.6 Å². The van der Waals surface area contributed by atoms with Gasteiger partial charge in [-0.25, -0.2) is 0 Å². The van der Waals surface area contributed by atoms with Crippen LogP contribution < -0.4 is 0 Å². The van der Waals surface area contributed by atoms with Crippen molar-refractivity contribution in [2.24, 2.45) is 17.8 Å². The van der Waals surface area contributed by atoms with Crippen LogP contribution in [0, 0.1) is 24.7 Å². The smallest absolute Gasteiger partial charge is 0.0761 e. The van der Waals surface area contributed by atoms with Gasteiger partial charge in [-0.05, 0) is 83.7 Å². The van der Waals surface area contributed by atoms with E-state index >= 15 is 0 Å². The molecular weight excluding hydrogens is 414 g/mol. The Hall–Kier alpha value is -1.07. The van der Waals surface area contributed by atoms with Crippen molar-refractivity contribution in [3.05, 3.63) is 59.2 Å². The number of fused-ring (bicyclic) bond motifs is 1. The number of hydrogen-bond donors (Lipinski definition) is 2. The third kappa shape index (κ3) is 7.21. The zero-order valence-corrected chi connectivity index (χ0v) is 21.4. The number of hydrogen-bond acceptors (Lipinski definition) is 4. The summed E-state index contributed by atoms with van der Waals surface area (Å²) in [5.74, 6) is 3.47. The Bertz CT molecular complexity index is 797. The first-order chi connectivity index (χ1) is 15.1. The van der Waals surface area contributed by atoms with Gasteiger partial charge in [0.25, 0.3) is 0 Å². The lowest BCUT2D eigenvalue weighted by molar-refractivity contribution is 0.140. The minimum Gasteiger partial charge on any atom is -0.392 e. The maximum Gasteiger partial charge on any atom is 0.0761 e. The highest BCUT2D eigenvalue weighted by atomic mass is 32.2. The maximum atomic E-state index is 10.6. The summed E-state index contributed by atoms with van der Waals surface area (Å²) < 4.78 is 0. The molecule has 0 aromatic heterocycles. The first-order valence-electron chi connectivity index (χ1n) is 12.2. The summed E-state index contributed by atoms with van der Waals surface area (Å²) in [6.45, 7) is 10.0. The molecule has 3 nitrogen and oxygen atoms in total. The van der Waals surface area contributed by atoms with Crippen LogP contribution in [0.5, 0.6) is 0 Å². The Balaban J connectivity index is 1.43. The molecule has 178 valence electrons. The van der Waals surface area contributed by atoms with E-state index < -0.39 is 6.10 Å². The van der Waals surface area contributed by atoms with Crippen LogP contribution in [-0.2, 0) is 6.42 Å². The molecule has 0 saturated heterocycles. The Morgan fingerprint density at radius 1 is 1.28 bits per heavy atom. The Morgan fingerprint density at radius 3 is 2.78 bits per heavy atom. The first-order valence-corrected chi connectivity index (χ1v) is 13.4. The van der Waals surface area contributed by atoms with Gasteiger partial charge in [0.05, 0.1) is 12.2 Å². The third-order valence-electron chi connectivity index (χ3n) is 7.25. The summed E-state index contributed by atoms with van der Waals surface area (Å²) >= 11 is 2.05. The molecule has 2 aliphatic rings. The molecule has 0 bridgehead atoms. The van der Waals surface area contributed by atoms with Gasteiger partial charge in [-0.3, -0.25) is 0 Å². The second-order valence-corrected chi connectivity index (χ2v) is 12.0. The molecule has 1 saturated carbocycles. The molecule has 0 heterocycles. The number of nitrogens with zero attached hydrogens (tertiary/aromatic N) is 1. The zero-order chi connectivity index (χ0) is 23.3. The molecule has 1 fully saturated rings. The molecule has 1 aromatic rings. The fourth-order valence-corrected chi connectivity index (χ4v) is 6.01. The van der Waals surface area contributed by atoms with Gasteiger partial charge in [0, 0.05) is 23.6 Å². The van der Waals surface area contributed by atoms with Crippen molar-refractivity contribution in [2.45, 2.75) is 71.1 Å². The molecule has 0 spiro atoms. The average molecular weight is 458 g/mol. The fourth-order valence-electron chi connectivity index (χ4n) is 5.06. The van der Waals surface area contributed by atoms with Crippen molar-refractivity contribution in [3.63, 3.8) is 0 Å². The largest absolute Gasteiger partial charge is 0.392 e. The lowest BCUT2D eigenvalue weighted by Crippen LogP contribution is -2.38. The number of benzene rings is 1. The molecule has 0 amide bonds. The van der Waals surface area contributed by atoms with Gasteiger partial charge >= 0.3 is 0 Å². The van der Waals surface area contributed by atoms with E-state index in [4.69, 9.17) is 0 Å². The lowest BCUT2D eigenvalue weighted by Gasteiger charge is -2.31. The third-order valence-corrected chi connectivity index (χ3v) is 8.40. The van der Waals surface area contributed by atoms with Gasteiger partial charge in [-0.15, -0.1) is 0 Å². The van der Waals surface area contributed by atoms with E-state index in [0.717, 1.165) is 30.7 Å². The van der Waals surface area contributed by atoms with E-state index in [1.165, 1.54) is 17.7 Å². The fraction of sp³-hybridized carbons (Fsp3) is 0.643. The summed E-state index contributed by atoms with van der Waals surface area (Å²) in [6.07, 6.45) is 9.47. The van der Waals surface area contributed by atoms with Crippen molar-refractivity contribution < 1.29 is 10.2 Å². The number of rotatable bonds is 10. The summed E-state index contributed by atoms with van der Waals surface area (Å²) in [4.78, 5) is 2.43. The molecule has 3 rings (SSSR count). The number of aliphatic hydroxyl groups excluding tert-OH is 2. The topological polar surface area (TPSA) is 43.7 Å². The molecule has 2 aliphatic carbocycles. The van der Waals surface area contributed by atoms with Gasteiger partial charge in [0.1, 0.15) is 0 Å². The molecule has 5 atom stereocenters. The van der Waals surface area contributed by atoms with Crippen LogP contribution in [0.1, 0.15) is 51.2 Å². The van der Waals surface area contributed by atoms with Crippen LogP contribution in [0.25, 0.3) is 0 Å². The highest BCUT2D eigenvalue weighted by molar-refractivity contribution is 7.99. The monoisotopic (exact) mass is 457 g/mol. The molecule has 1 aromatic carbocycles. The number of allylic oxidation sites excluding steroid dienone is 1. The lowest BCUT2D eigenvalue weighted by atomic mass is 9.89. The summed E-state index contributed by atoms with van der Waals surface area (Å²) in [6, 6.07) is 8.31. The van der Waals surface area contributed by atoms with Gasteiger partial charge < -0.3 is 15.1 Å². The van der Waals surface area contributed by atoms with Crippen LogP contribution >= 0.6 is 11.8 Å². The highest BCUT2D eigenvalue weighted by Gasteiger charge is 2.43. The van der Waals surface area contributed by atoms with Crippen LogP contribution in [-0.4, -0.2) is 58.0 Å². The van der Waals surface area contributed by atoms with Crippen molar-refractivity contribution in [1.82, 2.24) is 4.90 Å². The number of thioether (sulfide) groups is 1. The second kappa shape index (κ2) is 11.4. The zero-order valence-electron chi connectivity index (χ0n) is 20.6. The van der Waals surface area contributed by atoms with Crippen LogP contribution in [0.4, 0.5) is 0 Å². The van der Waals surface area contributed by atoms with Crippen molar-refractivity contribution in [3.8, 4) is 0 Å². The summed E-state index contributed by atoms with van der Waals surface area (Å²) in [5, 5.41) is 21.1. The summed E-state index contributed by atoms with van der Waals surface area (Å²) in [5.41, 5.74) is 4.17. The standard InChI is InChI=1S/C28H43NO2S/c1-20-8-6-9-21(14-20)16-24(30)10-11-25-26-17-22(15-23(26)18-27(25)31)19-32-13-7-12-29(5)28(2,3)4/h6,8-11,14-15,23-27,30-31H,7,12-13,16-19H2,1-5H3/t23-,24-,25+,26-,27+/m0/s1. The maximum absolute atomic E-state index is 10.6. The van der Waals surface area contributed by atoms with Crippen molar-refractivity contribution in [2.75, 3.05) is 25.1 Å². The second-order valence-electron chi connectivity index (χ2n) is 10.9. The van der Waals surface area contributed by atoms with Gasteiger partial charge in [-0.1, -0.05) is 53.6 Å². The predicted molar refractivity (Wildman–Crippen MR) is 138 cm³/mol. The molecule has 4 heteroatoms. The van der Waals surface area contributed by atoms with E-state index in [2.05, 4.69) is 70.0 Å². The minimum absolute atomic E-state index is 0.159. The number of aliphatic hydroxyl groups is 2. The van der Waals surface area contributed by atoms with Crippen molar-refractivity contribution >= 4 is 11.8 Å². The van der Waals surface area contributed by atoms with Crippen molar-refractivity contribution in [1.29, 1.82) is 0 Å². The molecule has 0 aliphatic heterocycles. The molecule has 32 heavy (non-hydrogen) atoms. The molecule has 0 radical (unpaired) electrons. The molecule has 0 unspecified atom stereocenters. The van der Waals surface area contributed by atoms with E-state index in [9.17, 15) is 10.2 Å². The average Bonchev–Trinajstić information content (AvgIpc) is 3.21. The molecular formula is C28H43NO2S. The summed E-state index contributed by atoms with van der Waals surface area (Å²) in [7, 11) is 2.21. The van der Waals surface area contributed by atoms with Crippen LogP contribution in [0.15, 0.2) is 48.1 Å². The van der Waals surface area contributed by atoms with E-state index in [1.807, 2.05) is 23.9 Å². The predicted octanol–water partition coefficient (Wildman–Crippen LogP) is 5.25. The van der Waals surface area contributed by atoms with Gasteiger partial charge in [0.15, 0.2) is 0 Å². The van der Waals surface area contributed by atoms with Crippen LogP contribution in [0.2, 0.25) is 0 Å². The SMILES string of the molecule is Cc1cccc(C[C@@H](O)C=C[C@@H]2[C@H]3CC(CSCCCN(C)C(C)(C)C)=C[C@H]3C[C@H]2O)c1. The highest BCUT2D eigenvalue weighted by Crippen LogP contribution is 2.47. The van der Waals surface area contributed by atoms with Gasteiger partial charge in [0.2, 0.25) is 0 Å². The number of aryl methyl sites for hydroxylation is 1. The quantitative estimate of drug-likeness (QED) is 0.372. The van der Waals surface area contributed by atoms with Crippen LogP contribution in [0.3, 0.4) is 0 Å². The van der Waals surface area contributed by atoms with Gasteiger partial charge in [-0.2, -0.15) is 11.8 Å². The Labute approximate surface area is 200 Å². The molecule has 2 N–H and O–H groups in total. The van der Waals surface area contributed by atoms with E-state index in [1.54, 1.807) is 5.57 Å². The van der Waals surface area contributed by atoms with E-state index in [0.29, 0.717) is 18.3 Å². The normalized spacial score (nSPS) is 26.7. The minimum atomic E-state index is -0.501. The Morgan fingerprint density at radius 2 is 2.06 bits per heavy atom.